The number of benzene rings is 3. The maximum absolute atomic E-state index is 12.3. The minimum absolute atomic E-state index is 0.0272. The van der Waals surface area contributed by atoms with Crippen LogP contribution in [0.5, 0.6) is 5.75 Å². The molecule has 1 heterocycles. The minimum atomic E-state index is -1.12. The van der Waals surface area contributed by atoms with Crippen LogP contribution in [0, 0.1) is 5.92 Å². The fourth-order valence-electron chi connectivity index (χ4n) is 5.70. The third-order valence-corrected chi connectivity index (χ3v) is 8.60. The predicted octanol–water partition coefficient (Wildman–Crippen LogP) is 9.00. The summed E-state index contributed by atoms with van der Waals surface area (Å²) in [4.78, 5) is 49.5. The summed E-state index contributed by atoms with van der Waals surface area (Å²) in [5.74, 6) is -2.29. The van der Waals surface area contributed by atoms with Gasteiger partial charge in [0.2, 0.25) is 0 Å². The molecule has 0 saturated carbocycles. The second-order valence-corrected chi connectivity index (χ2v) is 12.4. The van der Waals surface area contributed by atoms with Gasteiger partial charge >= 0.3 is 5.97 Å². The number of aliphatic carboxylic acids is 1. The molecule has 1 aliphatic rings. The number of Topliss-reactive ketones (excluding diaryl/α,β-unsaturated/α-hetero) is 1. The summed E-state index contributed by atoms with van der Waals surface area (Å²) < 4.78 is 5.70. The summed E-state index contributed by atoms with van der Waals surface area (Å²) in [5, 5.41) is 9.41. The van der Waals surface area contributed by atoms with Crippen LogP contribution in [-0.2, 0) is 4.79 Å². The molecule has 2 amide bonds. The van der Waals surface area contributed by atoms with Gasteiger partial charge in [0.1, 0.15) is 5.75 Å². The Kier molecular flexibility index (Phi) is 17.0. The first kappa shape index (κ1) is 38.0. The number of nitrogen functional groups attached to an aromatic ring is 1. The maximum Gasteiger partial charge on any atom is 0.307 e. The monoisotopic (exact) mass is 656 g/mol. The van der Waals surface area contributed by atoms with Gasteiger partial charge in [-0.1, -0.05) is 120 Å². The normalized spacial score (nSPS) is 12.6. The summed E-state index contributed by atoms with van der Waals surface area (Å²) in [6.07, 6.45) is 16.4. The number of amides is 2. The lowest BCUT2D eigenvalue weighted by Gasteiger charge is -2.17. The zero-order valence-electron chi connectivity index (χ0n) is 28.4. The fourth-order valence-corrected chi connectivity index (χ4v) is 5.70. The number of unbranched alkanes of at least 4 members (excludes halogenated alkanes) is 11. The van der Waals surface area contributed by atoms with E-state index in [9.17, 15) is 24.3 Å². The van der Waals surface area contributed by atoms with Gasteiger partial charge in [0.05, 0.1) is 23.7 Å². The van der Waals surface area contributed by atoms with Gasteiger partial charge in [-0.05, 0) is 49.2 Å². The van der Waals surface area contributed by atoms with Crippen molar-refractivity contribution in [2.24, 2.45) is 5.92 Å². The summed E-state index contributed by atoms with van der Waals surface area (Å²) in [6, 6.07) is 22.6. The van der Waals surface area contributed by atoms with E-state index in [0.29, 0.717) is 16.7 Å². The molecule has 1 aliphatic heterocycles. The average Bonchev–Trinajstić information content (AvgIpc) is 3.34. The number of ketones is 1. The molecule has 3 aromatic carbocycles. The average molecular weight is 657 g/mol. The van der Waals surface area contributed by atoms with Crippen molar-refractivity contribution >= 4 is 29.3 Å². The molecule has 1 unspecified atom stereocenters. The second kappa shape index (κ2) is 21.4. The zero-order chi connectivity index (χ0) is 34.6. The number of carbonyl (C=O) groups excluding carboxylic acids is 3. The molecule has 8 heteroatoms. The number of ether oxygens (including phenoxy) is 1. The van der Waals surface area contributed by atoms with Crippen LogP contribution in [0.2, 0.25) is 0 Å². The number of anilines is 1. The molecule has 0 spiro atoms. The second-order valence-electron chi connectivity index (χ2n) is 12.4. The first-order valence-corrected chi connectivity index (χ1v) is 17.6. The van der Waals surface area contributed by atoms with Crippen molar-refractivity contribution in [2.75, 3.05) is 18.9 Å². The molecule has 0 saturated heterocycles. The first-order chi connectivity index (χ1) is 23.3. The highest BCUT2D eigenvalue weighted by atomic mass is 16.5. The summed E-state index contributed by atoms with van der Waals surface area (Å²) in [5.41, 5.74) is 7.53. The van der Waals surface area contributed by atoms with Gasteiger partial charge in [0.15, 0.2) is 5.78 Å². The Morgan fingerprint density at radius 3 is 1.73 bits per heavy atom. The number of carboxylic acids is 1. The molecule has 3 aromatic rings. The van der Waals surface area contributed by atoms with Crippen LogP contribution in [0.25, 0.3) is 0 Å². The summed E-state index contributed by atoms with van der Waals surface area (Å²) >= 11 is 0. The van der Waals surface area contributed by atoms with Crippen LogP contribution >= 0.6 is 0 Å². The molecule has 258 valence electrons. The largest absolute Gasteiger partial charge is 0.494 e. The molecule has 4 rings (SSSR count). The number of hydrogen-bond donors (Lipinski definition) is 2. The third-order valence-electron chi connectivity index (χ3n) is 8.60. The van der Waals surface area contributed by atoms with Gasteiger partial charge in [0.25, 0.3) is 11.8 Å². The quantitative estimate of drug-likeness (QED) is 0.0507. The van der Waals surface area contributed by atoms with Gasteiger partial charge in [-0.15, -0.1) is 0 Å². The molecular formula is C40H52N2O6. The number of imide groups is 1. The Bertz CT molecular complexity index is 1390. The smallest absolute Gasteiger partial charge is 0.307 e. The van der Waals surface area contributed by atoms with Crippen molar-refractivity contribution in [3.8, 4) is 5.75 Å². The van der Waals surface area contributed by atoms with Gasteiger partial charge < -0.3 is 15.6 Å². The zero-order valence-corrected chi connectivity index (χ0v) is 28.4. The number of carboxylic acid groups (broad SMARTS) is 1. The number of nitrogens with zero attached hydrogens (tertiary/aromatic N) is 1. The van der Waals surface area contributed by atoms with E-state index in [1.54, 1.807) is 54.6 Å². The van der Waals surface area contributed by atoms with E-state index in [4.69, 9.17) is 10.5 Å². The molecule has 0 aliphatic carbocycles. The maximum atomic E-state index is 12.3. The van der Waals surface area contributed by atoms with Crippen LogP contribution in [0.3, 0.4) is 0 Å². The topological polar surface area (TPSA) is 127 Å². The Hall–Kier alpha value is -4.46. The standard InChI is InChI=1S/C20H17NO5.C20H35NO/c22-17(13-6-2-1-3-7-13)12-14(20(25)26)10-11-21-18(23)15-8-4-5-9-16(15)19(21)24;1-2-3-4-5-6-7-8-9-10-11-12-13-18-22-20-16-14-19(21)15-17-20/h1-9,14H,10-12H2,(H,25,26);14-17H,2-13,18,21H2,1H3. The molecule has 0 bridgehead atoms. The van der Waals surface area contributed by atoms with Crippen molar-refractivity contribution in [1.29, 1.82) is 0 Å². The van der Waals surface area contributed by atoms with Gasteiger partial charge in [-0.2, -0.15) is 0 Å². The fraction of sp³-hybridized carbons (Fsp3) is 0.450. The van der Waals surface area contributed by atoms with Gasteiger partial charge in [0, 0.05) is 24.2 Å². The highest BCUT2D eigenvalue weighted by Gasteiger charge is 2.36. The van der Waals surface area contributed by atoms with Crippen LogP contribution in [-0.4, -0.2) is 46.7 Å². The van der Waals surface area contributed by atoms with E-state index in [1.807, 2.05) is 24.3 Å². The lowest BCUT2D eigenvalue weighted by Crippen LogP contribution is -2.33. The van der Waals surface area contributed by atoms with Crippen molar-refractivity contribution in [3.63, 3.8) is 0 Å². The number of fused-ring (bicyclic) bond motifs is 1. The van der Waals surface area contributed by atoms with Crippen molar-refractivity contribution in [3.05, 3.63) is 95.6 Å². The summed E-state index contributed by atoms with van der Waals surface area (Å²) in [6.45, 7) is 3.06. The van der Waals surface area contributed by atoms with Gasteiger partial charge in [-0.25, -0.2) is 0 Å². The highest BCUT2D eigenvalue weighted by molar-refractivity contribution is 6.21. The molecule has 3 N–H and O–H groups in total. The Labute approximate surface area is 285 Å². The molecule has 1 atom stereocenters. The summed E-state index contributed by atoms with van der Waals surface area (Å²) in [7, 11) is 0. The Morgan fingerprint density at radius 2 is 1.21 bits per heavy atom. The van der Waals surface area contributed by atoms with Crippen molar-refractivity contribution < 1.29 is 29.0 Å². The third kappa shape index (κ3) is 13.0. The predicted molar refractivity (Wildman–Crippen MR) is 190 cm³/mol. The number of nitrogens with two attached hydrogens (primary N) is 1. The highest BCUT2D eigenvalue weighted by Crippen LogP contribution is 2.24. The van der Waals surface area contributed by atoms with Crippen LogP contribution < -0.4 is 10.5 Å². The molecule has 8 nitrogen and oxygen atoms in total. The SMILES string of the molecule is CCCCCCCCCCCCCCOc1ccc(N)cc1.O=C(CC(CCN1C(=O)c2ccccc2C1=O)C(=O)O)c1ccccc1. The van der Waals surface area contributed by atoms with E-state index in [1.165, 1.54) is 70.6 Å². The first-order valence-electron chi connectivity index (χ1n) is 17.6. The molecule has 0 radical (unpaired) electrons. The van der Waals surface area contributed by atoms with Crippen molar-refractivity contribution in [2.45, 2.75) is 96.8 Å². The van der Waals surface area contributed by atoms with Crippen LogP contribution in [0.1, 0.15) is 128 Å². The van der Waals surface area contributed by atoms with Crippen LogP contribution in [0.4, 0.5) is 5.69 Å². The van der Waals surface area contributed by atoms with Crippen LogP contribution in [0.15, 0.2) is 78.9 Å². The van der Waals surface area contributed by atoms with E-state index < -0.39 is 23.7 Å². The lowest BCUT2D eigenvalue weighted by molar-refractivity contribution is -0.142. The Balaban J connectivity index is 0.000000265. The molecular weight excluding hydrogens is 604 g/mol. The number of rotatable bonds is 21. The Morgan fingerprint density at radius 1 is 0.708 bits per heavy atom. The lowest BCUT2D eigenvalue weighted by atomic mass is 9.95. The molecule has 0 fully saturated rings. The van der Waals surface area contributed by atoms with Gasteiger partial charge in [-0.3, -0.25) is 24.1 Å². The minimum Gasteiger partial charge on any atom is -0.494 e. The number of carbonyl (C=O) groups is 4. The van der Waals surface area contributed by atoms with E-state index in [-0.39, 0.29) is 25.2 Å². The van der Waals surface area contributed by atoms with Crippen molar-refractivity contribution in [1.82, 2.24) is 4.90 Å². The van der Waals surface area contributed by atoms with E-state index >= 15 is 0 Å². The molecule has 0 aromatic heterocycles. The van der Waals surface area contributed by atoms with E-state index in [0.717, 1.165) is 29.4 Å². The van der Waals surface area contributed by atoms with E-state index in [2.05, 4.69) is 6.92 Å². The molecule has 48 heavy (non-hydrogen) atoms. The number of hydrogen-bond acceptors (Lipinski definition) is 6.